The molecule has 8 heteroatoms. The molecule has 0 spiro atoms. The zero-order chi connectivity index (χ0) is 22.4. The molecule has 2 aliphatic rings. The molecule has 1 aromatic carbocycles. The van der Waals surface area contributed by atoms with Gasteiger partial charge in [-0.2, -0.15) is 0 Å². The van der Waals surface area contributed by atoms with Gasteiger partial charge in [-0.25, -0.2) is 8.78 Å². The molecule has 5 nitrogen and oxygen atoms in total. The van der Waals surface area contributed by atoms with Gasteiger partial charge in [0.15, 0.2) is 11.5 Å². The maximum atomic E-state index is 16.1. The van der Waals surface area contributed by atoms with Gasteiger partial charge in [0, 0.05) is 42.8 Å². The Hall–Kier alpha value is -1.93. The summed E-state index contributed by atoms with van der Waals surface area (Å²) >= 11 is 6.03. The van der Waals surface area contributed by atoms with Crippen molar-refractivity contribution in [1.29, 1.82) is 0 Å². The summed E-state index contributed by atoms with van der Waals surface area (Å²) in [4.78, 5) is 19.1. The summed E-state index contributed by atoms with van der Waals surface area (Å²) < 4.78 is 29.3. The molecule has 2 heterocycles. The van der Waals surface area contributed by atoms with Gasteiger partial charge < -0.3 is 10.2 Å². The number of benzene rings is 1. The lowest BCUT2D eigenvalue weighted by Gasteiger charge is -2.49. The molecular formula is C23H25ClF2N2O3. The van der Waals surface area contributed by atoms with Crippen molar-refractivity contribution in [2.75, 3.05) is 19.6 Å². The lowest BCUT2D eigenvalue weighted by atomic mass is 9.71. The number of halogens is 3. The van der Waals surface area contributed by atoms with Crippen LogP contribution in [-0.4, -0.2) is 51.1 Å². The third-order valence-electron chi connectivity index (χ3n) is 6.25. The number of fused-ring (bicyclic) bond motifs is 1. The Morgan fingerprint density at radius 3 is 2.68 bits per heavy atom. The average molecular weight is 451 g/mol. The van der Waals surface area contributed by atoms with Gasteiger partial charge in [0.25, 0.3) is 0 Å². The number of aliphatic hydroxyl groups is 2. The van der Waals surface area contributed by atoms with Crippen LogP contribution in [0.4, 0.5) is 8.78 Å². The average Bonchev–Trinajstić information content (AvgIpc) is 2.69. The van der Waals surface area contributed by atoms with Gasteiger partial charge in [0.2, 0.25) is 0 Å². The van der Waals surface area contributed by atoms with Gasteiger partial charge in [-0.1, -0.05) is 23.7 Å². The number of pyridine rings is 1. The largest absolute Gasteiger partial charge is 0.388 e. The third-order valence-corrected chi connectivity index (χ3v) is 6.60. The number of likely N-dealkylation sites (tertiary alicyclic amines) is 1. The molecule has 1 fully saturated rings. The van der Waals surface area contributed by atoms with Crippen molar-refractivity contribution in [2.24, 2.45) is 0 Å². The molecule has 1 saturated heterocycles. The molecule has 2 aromatic rings. The smallest absolute Gasteiger partial charge is 0.195 e. The number of carbonyl (C=O) groups is 1. The highest BCUT2D eigenvalue weighted by Gasteiger charge is 2.53. The molecule has 1 aliphatic carbocycles. The highest BCUT2D eigenvalue weighted by Crippen LogP contribution is 2.47. The minimum Gasteiger partial charge on any atom is -0.388 e. The van der Waals surface area contributed by atoms with Crippen molar-refractivity contribution >= 4 is 17.4 Å². The van der Waals surface area contributed by atoms with Crippen LogP contribution < -0.4 is 0 Å². The van der Waals surface area contributed by atoms with Crippen molar-refractivity contribution in [2.45, 2.75) is 49.5 Å². The van der Waals surface area contributed by atoms with Crippen LogP contribution in [0, 0.1) is 5.82 Å². The van der Waals surface area contributed by atoms with Crippen molar-refractivity contribution in [3.05, 3.63) is 64.2 Å². The third kappa shape index (κ3) is 4.24. The summed E-state index contributed by atoms with van der Waals surface area (Å²) in [7, 11) is 0. The Labute approximate surface area is 184 Å². The van der Waals surface area contributed by atoms with E-state index < -0.39 is 28.5 Å². The molecule has 1 aromatic heterocycles. The van der Waals surface area contributed by atoms with E-state index in [9.17, 15) is 19.4 Å². The Kier molecular flexibility index (Phi) is 5.67. The van der Waals surface area contributed by atoms with Crippen molar-refractivity contribution in [3.63, 3.8) is 0 Å². The van der Waals surface area contributed by atoms with Crippen molar-refractivity contribution in [3.8, 4) is 0 Å². The molecule has 0 unspecified atom stereocenters. The molecule has 2 N–H and O–H groups in total. The van der Waals surface area contributed by atoms with Gasteiger partial charge in [0.05, 0.1) is 11.3 Å². The van der Waals surface area contributed by atoms with Gasteiger partial charge in [-0.15, -0.1) is 0 Å². The molecule has 2 atom stereocenters. The minimum atomic E-state index is -2.26. The number of nitrogens with zero attached hydrogens (tertiary/aromatic N) is 2. The van der Waals surface area contributed by atoms with Crippen molar-refractivity contribution in [1.82, 2.24) is 9.88 Å². The van der Waals surface area contributed by atoms with E-state index in [1.165, 1.54) is 30.5 Å². The Morgan fingerprint density at radius 1 is 1.26 bits per heavy atom. The zero-order valence-corrected chi connectivity index (χ0v) is 18.0. The van der Waals surface area contributed by atoms with Crippen LogP contribution in [0.5, 0.6) is 0 Å². The first-order chi connectivity index (χ1) is 14.5. The Balaban J connectivity index is 1.54. The predicted molar refractivity (Wildman–Crippen MR) is 112 cm³/mol. The second-order valence-electron chi connectivity index (χ2n) is 9.03. The Bertz CT molecular complexity index is 1010. The molecule has 1 aliphatic heterocycles. The number of hydrogen-bond acceptors (Lipinski definition) is 5. The summed E-state index contributed by atoms with van der Waals surface area (Å²) in [5, 5.41) is 21.5. The van der Waals surface area contributed by atoms with Gasteiger partial charge >= 0.3 is 0 Å². The number of alkyl halides is 1. The van der Waals surface area contributed by atoms with E-state index in [0.29, 0.717) is 18.7 Å². The standard InChI is InChI=1S/C23H25ClF2N2O3/c1-21(30)12-28(13-21)14-22(31)8-9-23(26,17-3-2-10-27-20(17)22)19(29)7-5-15-4-6-16(25)11-18(15)24/h2-4,6,10-11,30-31H,5,7-9,12-14H2,1H3/t22-,23+/m1/s1. The normalized spacial score (nSPS) is 27.4. The van der Waals surface area contributed by atoms with E-state index in [-0.39, 0.29) is 48.5 Å². The van der Waals surface area contributed by atoms with E-state index in [2.05, 4.69) is 4.98 Å². The van der Waals surface area contributed by atoms with E-state index in [1.54, 1.807) is 13.0 Å². The lowest BCUT2D eigenvalue weighted by molar-refractivity contribution is -0.140. The molecule has 0 bridgehead atoms. The summed E-state index contributed by atoms with van der Waals surface area (Å²) in [6, 6.07) is 6.97. The lowest BCUT2D eigenvalue weighted by Crippen LogP contribution is -2.63. The molecule has 31 heavy (non-hydrogen) atoms. The van der Waals surface area contributed by atoms with Gasteiger partial charge in [-0.05, 0) is 49.9 Å². The summed E-state index contributed by atoms with van der Waals surface area (Å²) in [6.07, 6.45) is 1.43. The van der Waals surface area contributed by atoms with Crippen LogP contribution in [0.3, 0.4) is 0 Å². The maximum Gasteiger partial charge on any atom is 0.195 e. The number of aryl methyl sites for hydroxylation is 1. The van der Waals surface area contributed by atoms with E-state index in [1.807, 2.05) is 4.90 Å². The second-order valence-corrected chi connectivity index (χ2v) is 9.44. The molecule has 0 saturated carbocycles. The van der Waals surface area contributed by atoms with Crippen LogP contribution in [0.15, 0.2) is 36.5 Å². The SMILES string of the molecule is CC1(O)CN(C[C@]2(O)CC[C@@](F)(C(=O)CCc3ccc(F)cc3Cl)c3cccnc32)C1. The topological polar surface area (TPSA) is 73.7 Å². The minimum absolute atomic E-state index is 0.0369. The summed E-state index contributed by atoms with van der Waals surface area (Å²) in [5.41, 5.74) is -3.62. The van der Waals surface area contributed by atoms with E-state index in [0.717, 1.165) is 0 Å². The van der Waals surface area contributed by atoms with Crippen molar-refractivity contribution < 1.29 is 23.8 Å². The molecule has 0 radical (unpaired) electrons. The van der Waals surface area contributed by atoms with Crippen LogP contribution in [-0.2, 0) is 22.5 Å². The Morgan fingerprint density at radius 2 is 2.00 bits per heavy atom. The summed E-state index contributed by atoms with van der Waals surface area (Å²) in [5.74, 6) is -1.09. The monoisotopic (exact) mass is 450 g/mol. The first-order valence-electron chi connectivity index (χ1n) is 10.3. The first-order valence-corrected chi connectivity index (χ1v) is 10.7. The summed E-state index contributed by atoms with van der Waals surface area (Å²) in [6.45, 7) is 2.76. The highest BCUT2D eigenvalue weighted by atomic mass is 35.5. The number of aromatic nitrogens is 1. The predicted octanol–water partition coefficient (Wildman–Crippen LogP) is 3.29. The number of hydrogen-bond donors (Lipinski definition) is 2. The highest BCUT2D eigenvalue weighted by molar-refractivity contribution is 6.31. The molecular weight excluding hydrogens is 426 g/mol. The number of carbonyl (C=O) groups excluding carboxylic acids is 1. The fourth-order valence-electron chi connectivity index (χ4n) is 4.74. The zero-order valence-electron chi connectivity index (χ0n) is 17.2. The van der Waals surface area contributed by atoms with Crippen LogP contribution >= 0.6 is 11.6 Å². The number of Topliss-reactive ketones (excluding diaryl/α,β-unsaturated/α-hetero) is 1. The number of rotatable bonds is 6. The fraction of sp³-hybridized carbons (Fsp3) is 0.478. The maximum absolute atomic E-state index is 16.1. The van der Waals surface area contributed by atoms with Gasteiger partial charge in [-0.3, -0.25) is 14.7 Å². The first kappa shape index (κ1) is 22.3. The van der Waals surface area contributed by atoms with Crippen LogP contribution in [0.2, 0.25) is 5.02 Å². The second kappa shape index (κ2) is 7.89. The molecule has 166 valence electrons. The number of β-amino-alcohol motifs (C(OH)–C–C–N with tert-alkyl or cyclic N) is 2. The van der Waals surface area contributed by atoms with Crippen LogP contribution in [0.1, 0.15) is 43.0 Å². The number of ketones is 1. The molecule has 4 rings (SSSR count). The van der Waals surface area contributed by atoms with E-state index in [4.69, 9.17) is 11.6 Å². The van der Waals surface area contributed by atoms with Gasteiger partial charge in [0.1, 0.15) is 11.4 Å². The fourth-order valence-corrected chi connectivity index (χ4v) is 5.00. The molecule has 0 amide bonds. The van der Waals surface area contributed by atoms with E-state index >= 15 is 4.39 Å². The van der Waals surface area contributed by atoms with Crippen LogP contribution in [0.25, 0.3) is 0 Å². The quantitative estimate of drug-likeness (QED) is 0.706.